The molecule has 0 radical (unpaired) electrons. The number of likely N-dealkylation sites (tertiary alicyclic amines) is 1. The average molecular weight is 406 g/mol. The lowest BCUT2D eigenvalue weighted by Crippen LogP contribution is -2.50. The molecule has 1 amide bonds. The van der Waals surface area contributed by atoms with E-state index in [2.05, 4.69) is 32.8 Å². The van der Waals surface area contributed by atoms with Crippen molar-refractivity contribution in [2.75, 3.05) is 46.9 Å². The van der Waals surface area contributed by atoms with Crippen LogP contribution in [0.15, 0.2) is 29.3 Å². The summed E-state index contributed by atoms with van der Waals surface area (Å²) < 4.78 is 11.1. The van der Waals surface area contributed by atoms with Gasteiger partial charge in [0.25, 0.3) is 0 Å². The summed E-state index contributed by atoms with van der Waals surface area (Å²) in [6.07, 6.45) is 1.92. The summed E-state index contributed by atoms with van der Waals surface area (Å²) in [5.41, 5.74) is 0. The van der Waals surface area contributed by atoms with Gasteiger partial charge in [-0.2, -0.15) is 0 Å². The van der Waals surface area contributed by atoms with Crippen LogP contribution in [0.1, 0.15) is 26.7 Å². The average Bonchev–Trinajstić information content (AvgIpc) is 2.74. The first-order chi connectivity index (χ1) is 14.0. The van der Waals surface area contributed by atoms with Crippen molar-refractivity contribution >= 4 is 11.9 Å². The first kappa shape index (κ1) is 22.8. The van der Waals surface area contributed by atoms with Crippen molar-refractivity contribution in [1.82, 2.24) is 20.9 Å². The van der Waals surface area contributed by atoms with E-state index < -0.39 is 0 Å². The van der Waals surface area contributed by atoms with E-state index in [0.717, 1.165) is 49.9 Å². The number of carbonyl (C=O) groups excluding carboxylic acids is 1. The zero-order valence-electron chi connectivity index (χ0n) is 18.0. The third-order valence-corrected chi connectivity index (χ3v) is 4.82. The van der Waals surface area contributed by atoms with Crippen LogP contribution in [-0.4, -0.2) is 75.8 Å². The SMILES string of the molecule is CCNC(=NCC(C)Oc1ccc(OC)cc1)NC1CCN(CC(=O)NC)CC1. The number of hydrogen-bond donors (Lipinski definition) is 3. The summed E-state index contributed by atoms with van der Waals surface area (Å²) in [6.45, 7) is 7.70. The van der Waals surface area contributed by atoms with Gasteiger partial charge in [-0.3, -0.25) is 9.69 Å². The molecule has 1 aromatic rings. The molecule has 8 heteroatoms. The molecular formula is C21H35N5O3. The van der Waals surface area contributed by atoms with Crippen molar-refractivity contribution in [3.05, 3.63) is 24.3 Å². The highest BCUT2D eigenvalue weighted by Crippen LogP contribution is 2.18. The standard InChI is InChI=1S/C21H35N5O3/c1-5-23-21(25-17-10-12-26(13-11-17)15-20(27)22-3)24-14-16(2)29-19-8-6-18(28-4)7-9-19/h6-9,16-17H,5,10-15H2,1-4H3,(H,22,27)(H2,23,24,25). The first-order valence-electron chi connectivity index (χ1n) is 10.3. The molecule has 2 rings (SSSR count). The number of likely N-dealkylation sites (N-methyl/N-ethyl adjacent to an activating group) is 1. The van der Waals surface area contributed by atoms with E-state index in [-0.39, 0.29) is 12.0 Å². The van der Waals surface area contributed by atoms with Gasteiger partial charge in [0.2, 0.25) is 5.91 Å². The third-order valence-electron chi connectivity index (χ3n) is 4.82. The minimum atomic E-state index is -0.0479. The summed E-state index contributed by atoms with van der Waals surface area (Å²) in [5, 5.41) is 9.50. The van der Waals surface area contributed by atoms with Crippen molar-refractivity contribution in [3.8, 4) is 11.5 Å². The van der Waals surface area contributed by atoms with Crippen LogP contribution < -0.4 is 25.4 Å². The largest absolute Gasteiger partial charge is 0.497 e. The lowest BCUT2D eigenvalue weighted by atomic mass is 10.1. The van der Waals surface area contributed by atoms with Crippen LogP contribution in [0.4, 0.5) is 0 Å². The van der Waals surface area contributed by atoms with Crippen LogP contribution in [0.2, 0.25) is 0 Å². The second kappa shape index (κ2) is 12.2. The summed E-state index contributed by atoms with van der Waals surface area (Å²) in [5.74, 6) is 2.48. The van der Waals surface area contributed by atoms with Crippen LogP contribution in [0, 0.1) is 0 Å². The zero-order chi connectivity index (χ0) is 21.1. The Labute approximate surface area is 174 Å². The molecule has 8 nitrogen and oxygen atoms in total. The molecule has 1 atom stereocenters. The monoisotopic (exact) mass is 405 g/mol. The Morgan fingerprint density at radius 2 is 1.90 bits per heavy atom. The highest BCUT2D eigenvalue weighted by Gasteiger charge is 2.21. The van der Waals surface area contributed by atoms with Gasteiger partial charge < -0.3 is 25.4 Å². The number of guanidine groups is 1. The number of ether oxygens (including phenoxy) is 2. The molecule has 1 aliphatic rings. The van der Waals surface area contributed by atoms with Gasteiger partial charge in [0.15, 0.2) is 5.96 Å². The van der Waals surface area contributed by atoms with E-state index in [1.807, 2.05) is 31.2 Å². The van der Waals surface area contributed by atoms with Gasteiger partial charge >= 0.3 is 0 Å². The number of benzene rings is 1. The van der Waals surface area contributed by atoms with Crippen LogP contribution in [0.3, 0.4) is 0 Å². The van der Waals surface area contributed by atoms with E-state index in [0.29, 0.717) is 19.1 Å². The predicted molar refractivity (Wildman–Crippen MR) is 116 cm³/mol. The molecule has 162 valence electrons. The van der Waals surface area contributed by atoms with E-state index >= 15 is 0 Å². The Morgan fingerprint density at radius 1 is 1.24 bits per heavy atom. The number of rotatable bonds is 9. The number of methoxy groups -OCH3 is 1. The fourth-order valence-corrected chi connectivity index (χ4v) is 3.17. The number of nitrogens with one attached hydrogen (secondary N) is 3. The number of nitrogens with zero attached hydrogens (tertiary/aromatic N) is 2. The van der Waals surface area contributed by atoms with Gasteiger partial charge in [0.05, 0.1) is 20.2 Å². The van der Waals surface area contributed by atoms with Crippen molar-refractivity contribution < 1.29 is 14.3 Å². The lowest BCUT2D eigenvalue weighted by Gasteiger charge is -2.32. The topological polar surface area (TPSA) is 87.2 Å². The van der Waals surface area contributed by atoms with Gasteiger partial charge in [-0.1, -0.05) is 0 Å². The van der Waals surface area contributed by atoms with E-state index in [9.17, 15) is 4.79 Å². The van der Waals surface area contributed by atoms with Gasteiger partial charge in [0.1, 0.15) is 17.6 Å². The molecule has 0 bridgehead atoms. The molecular weight excluding hydrogens is 370 g/mol. The van der Waals surface area contributed by atoms with Crippen LogP contribution in [0.5, 0.6) is 11.5 Å². The summed E-state index contributed by atoms with van der Waals surface area (Å²) in [4.78, 5) is 18.4. The van der Waals surface area contributed by atoms with Crippen LogP contribution >= 0.6 is 0 Å². The highest BCUT2D eigenvalue weighted by molar-refractivity contribution is 5.80. The maximum Gasteiger partial charge on any atom is 0.233 e. The number of hydrogen-bond acceptors (Lipinski definition) is 5. The molecule has 1 saturated heterocycles. The van der Waals surface area contributed by atoms with Crippen LogP contribution in [0.25, 0.3) is 0 Å². The van der Waals surface area contributed by atoms with E-state index in [1.54, 1.807) is 14.2 Å². The van der Waals surface area contributed by atoms with Crippen molar-refractivity contribution in [2.24, 2.45) is 4.99 Å². The molecule has 0 spiro atoms. The van der Waals surface area contributed by atoms with Crippen molar-refractivity contribution in [2.45, 2.75) is 38.8 Å². The quantitative estimate of drug-likeness (QED) is 0.423. The fourth-order valence-electron chi connectivity index (χ4n) is 3.17. The van der Waals surface area contributed by atoms with Gasteiger partial charge in [-0.05, 0) is 51.0 Å². The minimum absolute atomic E-state index is 0.0479. The molecule has 3 N–H and O–H groups in total. The van der Waals surface area contributed by atoms with Gasteiger partial charge in [-0.25, -0.2) is 4.99 Å². The van der Waals surface area contributed by atoms with Gasteiger partial charge in [0, 0.05) is 32.7 Å². The molecule has 1 aliphatic heterocycles. The molecule has 0 saturated carbocycles. The minimum Gasteiger partial charge on any atom is -0.497 e. The molecule has 29 heavy (non-hydrogen) atoms. The van der Waals surface area contributed by atoms with Crippen molar-refractivity contribution in [3.63, 3.8) is 0 Å². The molecule has 1 aromatic carbocycles. The number of carbonyl (C=O) groups is 1. The third kappa shape index (κ3) is 8.19. The maximum atomic E-state index is 11.5. The number of amides is 1. The van der Waals surface area contributed by atoms with Crippen molar-refractivity contribution in [1.29, 1.82) is 0 Å². The fraction of sp³-hybridized carbons (Fsp3) is 0.619. The van der Waals surface area contributed by atoms with E-state index in [4.69, 9.17) is 9.47 Å². The first-order valence-corrected chi connectivity index (χ1v) is 10.3. The zero-order valence-corrected chi connectivity index (χ0v) is 18.0. The lowest BCUT2D eigenvalue weighted by molar-refractivity contribution is -0.122. The number of piperidine rings is 1. The highest BCUT2D eigenvalue weighted by atomic mass is 16.5. The molecule has 1 fully saturated rings. The Hall–Kier alpha value is -2.48. The van der Waals surface area contributed by atoms with E-state index in [1.165, 1.54) is 0 Å². The molecule has 1 unspecified atom stereocenters. The second-order valence-corrected chi connectivity index (χ2v) is 7.19. The predicted octanol–water partition coefficient (Wildman–Crippen LogP) is 1.23. The summed E-state index contributed by atoms with van der Waals surface area (Å²) in [6, 6.07) is 7.91. The molecule has 0 aliphatic carbocycles. The summed E-state index contributed by atoms with van der Waals surface area (Å²) >= 11 is 0. The Bertz CT molecular complexity index is 642. The van der Waals surface area contributed by atoms with Crippen LogP contribution in [-0.2, 0) is 4.79 Å². The Morgan fingerprint density at radius 3 is 2.48 bits per heavy atom. The molecule has 1 heterocycles. The summed E-state index contributed by atoms with van der Waals surface area (Å²) in [7, 11) is 3.32. The number of aliphatic imine (C=N–C) groups is 1. The second-order valence-electron chi connectivity index (χ2n) is 7.19. The smallest absolute Gasteiger partial charge is 0.233 e. The Kier molecular flexibility index (Phi) is 9.56. The van der Waals surface area contributed by atoms with Gasteiger partial charge in [-0.15, -0.1) is 0 Å². The normalized spacial score (nSPS) is 16.8. The molecule has 0 aromatic heterocycles. The Balaban J connectivity index is 1.80. The maximum absolute atomic E-state index is 11.5.